The van der Waals surface area contributed by atoms with Crippen molar-refractivity contribution in [1.29, 1.82) is 0 Å². The Labute approximate surface area is 256 Å². The zero-order chi connectivity index (χ0) is 30.5. The van der Waals surface area contributed by atoms with E-state index in [0.29, 0.717) is 38.3 Å². The van der Waals surface area contributed by atoms with Crippen molar-refractivity contribution in [3.05, 3.63) is 70.4 Å². The highest BCUT2D eigenvalue weighted by molar-refractivity contribution is 6.33. The van der Waals surface area contributed by atoms with Gasteiger partial charge in [-0.25, -0.2) is 19.4 Å². The lowest BCUT2D eigenvalue weighted by atomic mass is 10.0. The lowest BCUT2D eigenvalue weighted by Gasteiger charge is -2.35. The van der Waals surface area contributed by atoms with E-state index in [1.165, 1.54) is 5.56 Å². The fraction of sp³-hybridized carbons (Fsp3) is 0.419. The number of hydrogen-bond donors (Lipinski definition) is 2. The van der Waals surface area contributed by atoms with Gasteiger partial charge < -0.3 is 20.0 Å². The summed E-state index contributed by atoms with van der Waals surface area (Å²) in [6.45, 7) is 9.67. The molecule has 2 saturated heterocycles. The quantitative estimate of drug-likeness (QED) is 0.372. The van der Waals surface area contributed by atoms with Gasteiger partial charge in [0, 0.05) is 65.4 Å². The molecule has 0 radical (unpaired) electrons. The number of aliphatic hydroxyl groups excluding tert-OH is 1. The van der Waals surface area contributed by atoms with Gasteiger partial charge in [-0.3, -0.25) is 14.6 Å². The van der Waals surface area contributed by atoms with E-state index in [-0.39, 0.29) is 40.3 Å². The number of aromatic hydroxyl groups is 1. The number of phenols is 1. The first-order valence-electron chi connectivity index (χ1n) is 14.4. The van der Waals surface area contributed by atoms with Crippen LogP contribution >= 0.6 is 11.6 Å². The molecule has 2 aliphatic heterocycles. The van der Waals surface area contributed by atoms with Crippen molar-refractivity contribution in [2.45, 2.75) is 13.5 Å². The summed E-state index contributed by atoms with van der Waals surface area (Å²) >= 11 is 6.34. The summed E-state index contributed by atoms with van der Waals surface area (Å²) in [5.41, 5.74) is 2.85. The van der Waals surface area contributed by atoms with Gasteiger partial charge >= 0.3 is 0 Å². The molecule has 2 fully saturated rings. The molecule has 5 rings (SSSR count). The van der Waals surface area contributed by atoms with Crippen LogP contribution in [-0.4, -0.2) is 119 Å². The highest BCUT2D eigenvalue weighted by atomic mass is 35.5. The van der Waals surface area contributed by atoms with Crippen molar-refractivity contribution in [2.24, 2.45) is 4.99 Å². The number of aliphatic hydroxyl groups is 1. The number of aromatic nitrogens is 2. The monoisotopic (exact) mass is 609 g/mol. The average Bonchev–Trinajstić information content (AvgIpc) is 3.01. The molecule has 2 aromatic carbocycles. The van der Waals surface area contributed by atoms with Crippen molar-refractivity contribution in [2.75, 3.05) is 77.5 Å². The number of anilines is 1. The zero-order valence-electron chi connectivity index (χ0n) is 24.5. The van der Waals surface area contributed by atoms with Crippen LogP contribution in [0, 0.1) is 5.82 Å². The number of carbonyl (C=O) groups excluding carboxylic acids is 1. The maximum Gasteiger partial charge on any atom is 0.281 e. The van der Waals surface area contributed by atoms with Crippen LogP contribution in [0.5, 0.6) is 5.75 Å². The molecule has 2 aliphatic rings. The number of benzene rings is 2. The Morgan fingerprint density at radius 1 is 1.00 bits per heavy atom. The molecule has 0 bridgehead atoms. The second-order valence-electron chi connectivity index (χ2n) is 11.1. The molecule has 43 heavy (non-hydrogen) atoms. The number of hydrogen-bond acceptors (Lipinski definition) is 9. The van der Waals surface area contributed by atoms with Gasteiger partial charge in [0.2, 0.25) is 0 Å². The van der Waals surface area contributed by atoms with E-state index in [1.807, 2.05) is 17.0 Å². The minimum Gasteiger partial charge on any atom is -0.506 e. The summed E-state index contributed by atoms with van der Waals surface area (Å²) in [4.78, 5) is 34.5. The third-order valence-corrected chi connectivity index (χ3v) is 8.28. The SMILES string of the molecule is C/C(=N\C(=O)c1cc(-c2ccc(CN3CCN(C)CC3)cc2)cc(Cl)c1O)c1ncc(F)c(N2CCN(CCO)CC2)n1. The fourth-order valence-corrected chi connectivity index (χ4v) is 5.56. The predicted octanol–water partition coefficient (Wildman–Crippen LogP) is 3.15. The van der Waals surface area contributed by atoms with Gasteiger partial charge in [0.1, 0.15) is 5.75 Å². The molecule has 1 amide bonds. The number of halogens is 2. The summed E-state index contributed by atoms with van der Waals surface area (Å²) in [7, 11) is 2.14. The van der Waals surface area contributed by atoms with Gasteiger partial charge in [0.05, 0.1) is 29.1 Å². The van der Waals surface area contributed by atoms with Gasteiger partial charge in [-0.2, -0.15) is 0 Å². The lowest BCUT2D eigenvalue weighted by molar-refractivity contribution is 0.100. The smallest absolute Gasteiger partial charge is 0.281 e. The number of β-amino-alcohol motifs (C(OH)–C–C–N with tert-alkyl or cyclic N) is 1. The van der Waals surface area contributed by atoms with Gasteiger partial charge in [0.25, 0.3) is 5.91 Å². The molecular weight excluding hydrogens is 573 g/mol. The second kappa shape index (κ2) is 13.9. The number of phenolic OH excluding ortho intramolecular Hbond substituents is 1. The first-order chi connectivity index (χ1) is 20.7. The molecule has 0 spiro atoms. The van der Waals surface area contributed by atoms with Crippen molar-refractivity contribution in [3.8, 4) is 16.9 Å². The number of aliphatic imine (C=N–C) groups is 1. The molecule has 0 aliphatic carbocycles. The molecule has 0 unspecified atom stereocenters. The normalized spacial score (nSPS) is 17.4. The maximum absolute atomic E-state index is 14.7. The highest BCUT2D eigenvalue weighted by Crippen LogP contribution is 2.34. The molecule has 0 saturated carbocycles. The molecule has 228 valence electrons. The van der Waals surface area contributed by atoms with Crippen LogP contribution in [-0.2, 0) is 6.54 Å². The van der Waals surface area contributed by atoms with Gasteiger partial charge in [-0.15, -0.1) is 0 Å². The second-order valence-corrected chi connectivity index (χ2v) is 11.5. The topological polar surface area (TPSA) is 109 Å². The van der Waals surface area contributed by atoms with Crippen LogP contribution in [0.2, 0.25) is 5.02 Å². The summed E-state index contributed by atoms with van der Waals surface area (Å²) in [6, 6.07) is 11.3. The summed E-state index contributed by atoms with van der Waals surface area (Å²) in [5.74, 6) is -1.39. The molecular formula is C31H37ClFN7O3. The minimum atomic E-state index is -0.711. The van der Waals surface area contributed by atoms with E-state index in [0.717, 1.165) is 44.5 Å². The molecule has 0 atom stereocenters. The maximum atomic E-state index is 14.7. The zero-order valence-corrected chi connectivity index (χ0v) is 25.3. The Kier molecular flexibility index (Phi) is 9.99. The summed E-state index contributed by atoms with van der Waals surface area (Å²) in [6.07, 6.45) is 1.07. The van der Waals surface area contributed by atoms with Crippen LogP contribution in [0.25, 0.3) is 11.1 Å². The Balaban J connectivity index is 1.32. The van der Waals surface area contributed by atoms with Gasteiger partial charge in [0.15, 0.2) is 17.5 Å². The Morgan fingerprint density at radius 3 is 2.35 bits per heavy atom. The fourth-order valence-electron chi connectivity index (χ4n) is 5.34. The van der Waals surface area contributed by atoms with E-state index in [2.05, 4.69) is 48.8 Å². The number of piperazine rings is 2. The van der Waals surface area contributed by atoms with Crippen LogP contribution in [0.3, 0.4) is 0 Å². The number of nitrogens with zero attached hydrogens (tertiary/aromatic N) is 7. The average molecular weight is 610 g/mol. The van der Waals surface area contributed by atoms with Crippen LogP contribution in [0.1, 0.15) is 28.7 Å². The lowest BCUT2D eigenvalue weighted by Crippen LogP contribution is -2.47. The van der Waals surface area contributed by atoms with E-state index in [1.54, 1.807) is 19.1 Å². The first-order valence-corrected chi connectivity index (χ1v) is 14.8. The third-order valence-electron chi connectivity index (χ3n) is 7.99. The standard InChI is InChI=1S/C31H37ClFN7O3/c1-21(29-34-19-27(33)30(36-29)40-13-11-38(12-14-40)15-16-41)35-31(43)25-17-24(18-26(32)28(25)42)23-5-3-22(4-6-23)20-39-9-7-37(2)8-10-39/h3-6,17-19,41-42H,7-16,20H2,1-2H3/b35-21+. The molecule has 3 aromatic rings. The summed E-state index contributed by atoms with van der Waals surface area (Å²) < 4.78 is 14.7. The number of carbonyl (C=O) groups is 1. The Morgan fingerprint density at radius 2 is 1.67 bits per heavy atom. The van der Waals surface area contributed by atoms with E-state index in [9.17, 15) is 14.3 Å². The minimum absolute atomic E-state index is 0.0378. The molecule has 10 nitrogen and oxygen atoms in total. The Bertz CT molecular complexity index is 1470. The van der Waals surface area contributed by atoms with Crippen LogP contribution in [0.15, 0.2) is 47.6 Å². The van der Waals surface area contributed by atoms with Crippen LogP contribution < -0.4 is 4.90 Å². The third kappa shape index (κ3) is 7.54. The van der Waals surface area contributed by atoms with Crippen molar-refractivity contribution < 1.29 is 19.4 Å². The van der Waals surface area contributed by atoms with Gasteiger partial charge in [-0.05, 0) is 42.8 Å². The highest BCUT2D eigenvalue weighted by Gasteiger charge is 2.23. The Hall–Kier alpha value is -3.48. The first kappa shape index (κ1) is 31.0. The van der Waals surface area contributed by atoms with E-state index in [4.69, 9.17) is 16.7 Å². The number of rotatable bonds is 8. The van der Waals surface area contributed by atoms with Crippen LogP contribution in [0.4, 0.5) is 10.2 Å². The predicted molar refractivity (Wildman–Crippen MR) is 166 cm³/mol. The van der Waals surface area contributed by atoms with Crippen molar-refractivity contribution >= 4 is 29.0 Å². The van der Waals surface area contributed by atoms with Crippen molar-refractivity contribution in [1.82, 2.24) is 24.7 Å². The van der Waals surface area contributed by atoms with Gasteiger partial charge in [-0.1, -0.05) is 35.9 Å². The molecule has 1 aromatic heterocycles. The molecule has 2 N–H and O–H groups in total. The molecule has 3 heterocycles. The molecule has 12 heteroatoms. The van der Waals surface area contributed by atoms with E-state index >= 15 is 0 Å². The largest absolute Gasteiger partial charge is 0.506 e. The summed E-state index contributed by atoms with van der Waals surface area (Å²) in [5, 5.41) is 19.8. The van der Waals surface area contributed by atoms with E-state index < -0.39 is 11.7 Å². The number of likely N-dealkylation sites (N-methyl/N-ethyl adjacent to an activating group) is 1. The number of amides is 1. The van der Waals surface area contributed by atoms with Crippen molar-refractivity contribution in [3.63, 3.8) is 0 Å².